The van der Waals surface area contributed by atoms with Crippen LogP contribution in [0.4, 0.5) is 0 Å². The van der Waals surface area contributed by atoms with E-state index in [1.54, 1.807) is 13.3 Å². The summed E-state index contributed by atoms with van der Waals surface area (Å²) in [5.74, 6) is 0.928. The first-order valence-electron chi connectivity index (χ1n) is 12.0. The van der Waals surface area contributed by atoms with Gasteiger partial charge < -0.3 is 14.2 Å². The van der Waals surface area contributed by atoms with E-state index in [1.807, 2.05) is 46.2 Å². The molecule has 0 saturated carbocycles. The molecule has 176 valence electrons. The van der Waals surface area contributed by atoms with Crippen LogP contribution in [0, 0.1) is 0 Å². The van der Waals surface area contributed by atoms with Crippen LogP contribution in [0.25, 0.3) is 27.6 Å². The summed E-state index contributed by atoms with van der Waals surface area (Å²) in [6.07, 6.45) is 8.98. The number of hydrogen-bond donors (Lipinski definition) is 0. The number of nitrogens with zero attached hydrogens (tertiary/aromatic N) is 5. The molecule has 1 amide bonds. The zero-order valence-electron chi connectivity index (χ0n) is 19.7. The summed E-state index contributed by atoms with van der Waals surface area (Å²) in [4.78, 5) is 19.5. The monoisotopic (exact) mass is 465 g/mol. The second-order valence-corrected chi connectivity index (χ2v) is 9.07. The molecule has 5 aromatic rings. The number of hydrogen-bond acceptors (Lipinski definition) is 4. The Balaban J connectivity index is 1.27. The van der Waals surface area contributed by atoms with Gasteiger partial charge in [0.2, 0.25) is 0 Å². The molecule has 0 atom stereocenters. The van der Waals surface area contributed by atoms with E-state index in [4.69, 9.17) is 4.74 Å². The van der Waals surface area contributed by atoms with Gasteiger partial charge in [-0.25, -0.2) is 4.98 Å². The topological polar surface area (TPSA) is 65.2 Å². The molecule has 4 heterocycles. The van der Waals surface area contributed by atoms with Crippen molar-refractivity contribution in [2.45, 2.75) is 25.8 Å². The maximum absolute atomic E-state index is 12.9. The highest BCUT2D eigenvalue weighted by molar-refractivity contribution is 5.97. The van der Waals surface area contributed by atoms with Crippen LogP contribution < -0.4 is 4.74 Å². The molecule has 0 spiro atoms. The number of ether oxygens (including phenoxy) is 1. The molecule has 1 fully saturated rings. The number of carbonyl (C=O) groups excluding carboxylic acids is 1. The van der Waals surface area contributed by atoms with Crippen molar-refractivity contribution in [2.75, 3.05) is 20.2 Å². The Bertz CT molecular complexity index is 1510. The molecule has 7 nitrogen and oxygen atoms in total. The van der Waals surface area contributed by atoms with E-state index in [9.17, 15) is 4.79 Å². The SMILES string of the molecule is COc1ccc(Cn2ncc3cc(-n4ccc5cc(C(=O)N6CCCCC6)cnc54)ccc32)cc1. The highest BCUT2D eigenvalue weighted by Crippen LogP contribution is 2.25. The minimum absolute atomic E-state index is 0.0811. The molecule has 35 heavy (non-hydrogen) atoms. The van der Waals surface area contributed by atoms with E-state index in [0.29, 0.717) is 12.1 Å². The van der Waals surface area contributed by atoms with Gasteiger partial charge in [0, 0.05) is 41.9 Å². The Kier molecular flexibility index (Phi) is 5.45. The number of benzene rings is 2. The van der Waals surface area contributed by atoms with Gasteiger partial charge in [0.25, 0.3) is 5.91 Å². The fourth-order valence-corrected chi connectivity index (χ4v) is 4.88. The van der Waals surface area contributed by atoms with Gasteiger partial charge in [-0.15, -0.1) is 0 Å². The van der Waals surface area contributed by atoms with Crippen LogP contribution in [0.3, 0.4) is 0 Å². The number of aromatic nitrogens is 4. The highest BCUT2D eigenvalue weighted by Gasteiger charge is 2.19. The van der Waals surface area contributed by atoms with Gasteiger partial charge in [-0.3, -0.25) is 9.48 Å². The average Bonchev–Trinajstić information content (AvgIpc) is 3.52. The molecule has 1 aliphatic heterocycles. The van der Waals surface area contributed by atoms with E-state index < -0.39 is 0 Å². The normalized spacial score (nSPS) is 14.0. The van der Waals surface area contributed by atoms with Gasteiger partial charge in [-0.2, -0.15) is 5.10 Å². The lowest BCUT2D eigenvalue weighted by atomic mass is 10.1. The molecule has 1 saturated heterocycles. The molecule has 1 aliphatic rings. The van der Waals surface area contributed by atoms with Crippen molar-refractivity contribution in [3.63, 3.8) is 0 Å². The second kappa shape index (κ2) is 8.91. The first kappa shape index (κ1) is 21.4. The highest BCUT2D eigenvalue weighted by atomic mass is 16.5. The van der Waals surface area contributed by atoms with E-state index in [1.165, 1.54) is 6.42 Å². The summed E-state index contributed by atoms with van der Waals surface area (Å²) in [5, 5.41) is 6.64. The summed E-state index contributed by atoms with van der Waals surface area (Å²) < 4.78 is 9.32. The average molecular weight is 466 g/mol. The first-order valence-corrected chi connectivity index (χ1v) is 12.0. The Morgan fingerprint density at radius 2 is 1.77 bits per heavy atom. The van der Waals surface area contributed by atoms with Crippen molar-refractivity contribution in [3.8, 4) is 11.4 Å². The predicted octanol–water partition coefficient (Wildman–Crippen LogP) is 5.06. The van der Waals surface area contributed by atoms with Crippen molar-refractivity contribution in [1.82, 2.24) is 24.2 Å². The van der Waals surface area contributed by atoms with E-state index in [2.05, 4.69) is 45.0 Å². The third kappa shape index (κ3) is 4.03. The fourth-order valence-electron chi connectivity index (χ4n) is 4.88. The molecular weight excluding hydrogens is 438 g/mol. The summed E-state index contributed by atoms with van der Waals surface area (Å²) in [5.41, 5.74) is 4.75. The number of likely N-dealkylation sites (tertiary alicyclic amines) is 1. The molecule has 0 bridgehead atoms. The number of methoxy groups -OCH3 is 1. The Hall–Kier alpha value is -4.13. The zero-order chi connectivity index (χ0) is 23.8. The lowest BCUT2D eigenvalue weighted by molar-refractivity contribution is 0.0724. The third-order valence-corrected chi connectivity index (χ3v) is 6.81. The van der Waals surface area contributed by atoms with Crippen molar-refractivity contribution >= 4 is 27.8 Å². The number of rotatable bonds is 5. The number of carbonyl (C=O) groups is 1. The molecule has 0 aliphatic carbocycles. The molecule has 0 unspecified atom stereocenters. The summed E-state index contributed by atoms with van der Waals surface area (Å²) in [7, 11) is 1.67. The Labute approximate surface area is 203 Å². The van der Waals surface area contributed by atoms with Crippen LogP contribution in [-0.4, -0.2) is 50.3 Å². The maximum atomic E-state index is 12.9. The number of piperidine rings is 1. The van der Waals surface area contributed by atoms with Crippen LogP contribution in [-0.2, 0) is 6.54 Å². The summed E-state index contributed by atoms with van der Waals surface area (Å²) in [6.45, 7) is 2.36. The molecule has 2 aromatic carbocycles. The van der Waals surface area contributed by atoms with Crippen LogP contribution in [0.1, 0.15) is 35.2 Å². The zero-order valence-corrected chi connectivity index (χ0v) is 19.7. The standard InChI is InChI=1S/C28H27N5O2/c1-35-25-8-5-20(6-9-25)19-33-26-10-7-24(16-22(26)18-30-33)32-14-11-21-15-23(17-29-27(21)32)28(34)31-12-3-2-4-13-31/h5-11,14-18H,2-4,12-13,19H2,1H3. The smallest absolute Gasteiger partial charge is 0.255 e. The predicted molar refractivity (Wildman–Crippen MR) is 136 cm³/mol. The largest absolute Gasteiger partial charge is 0.497 e. The van der Waals surface area contributed by atoms with Crippen molar-refractivity contribution < 1.29 is 9.53 Å². The van der Waals surface area contributed by atoms with Gasteiger partial charge in [-0.1, -0.05) is 12.1 Å². The lowest BCUT2D eigenvalue weighted by Crippen LogP contribution is -2.35. The van der Waals surface area contributed by atoms with Gasteiger partial charge in [0.1, 0.15) is 11.4 Å². The lowest BCUT2D eigenvalue weighted by Gasteiger charge is -2.26. The molecule has 0 N–H and O–H groups in total. The van der Waals surface area contributed by atoms with Crippen LogP contribution in [0.2, 0.25) is 0 Å². The van der Waals surface area contributed by atoms with Crippen molar-refractivity contribution in [1.29, 1.82) is 0 Å². The van der Waals surface area contributed by atoms with Crippen LogP contribution in [0.5, 0.6) is 5.75 Å². The number of fused-ring (bicyclic) bond motifs is 2. The Morgan fingerprint density at radius 3 is 2.57 bits per heavy atom. The van der Waals surface area contributed by atoms with E-state index >= 15 is 0 Å². The van der Waals surface area contributed by atoms with Crippen molar-refractivity contribution in [2.24, 2.45) is 0 Å². The number of pyridine rings is 1. The second-order valence-electron chi connectivity index (χ2n) is 9.07. The fraction of sp³-hybridized carbons (Fsp3) is 0.250. The number of amides is 1. The minimum Gasteiger partial charge on any atom is -0.497 e. The first-order chi connectivity index (χ1) is 17.2. The van der Waals surface area contributed by atoms with Gasteiger partial charge >= 0.3 is 0 Å². The van der Waals surface area contributed by atoms with Gasteiger partial charge in [0.15, 0.2) is 0 Å². The summed E-state index contributed by atoms with van der Waals surface area (Å²) in [6, 6.07) is 18.3. The third-order valence-electron chi connectivity index (χ3n) is 6.81. The van der Waals surface area contributed by atoms with Gasteiger partial charge in [0.05, 0.1) is 30.9 Å². The Morgan fingerprint density at radius 1 is 0.943 bits per heavy atom. The summed E-state index contributed by atoms with van der Waals surface area (Å²) >= 11 is 0. The van der Waals surface area contributed by atoms with Crippen LogP contribution >= 0.6 is 0 Å². The molecule has 0 radical (unpaired) electrons. The van der Waals surface area contributed by atoms with E-state index in [-0.39, 0.29) is 5.91 Å². The minimum atomic E-state index is 0.0811. The van der Waals surface area contributed by atoms with Gasteiger partial charge in [-0.05, 0) is 67.3 Å². The van der Waals surface area contributed by atoms with Crippen molar-refractivity contribution in [3.05, 3.63) is 84.3 Å². The molecular formula is C28H27N5O2. The quantitative estimate of drug-likeness (QED) is 0.364. The van der Waals surface area contributed by atoms with E-state index in [0.717, 1.165) is 64.9 Å². The molecule has 7 heteroatoms. The molecule has 3 aromatic heterocycles. The molecule has 6 rings (SSSR count). The maximum Gasteiger partial charge on any atom is 0.255 e. The van der Waals surface area contributed by atoms with Crippen LogP contribution in [0.15, 0.2) is 73.2 Å².